The summed E-state index contributed by atoms with van der Waals surface area (Å²) in [4.78, 5) is 13.2. The first-order chi connectivity index (χ1) is 10.7. The molecule has 2 nitrogen and oxygen atoms in total. The number of hydrogen-bond acceptors (Lipinski definition) is 2. The van der Waals surface area contributed by atoms with Crippen LogP contribution in [0.4, 0.5) is 0 Å². The van der Waals surface area contributed by atoms with Crippen molar-refractivity contribution in [1.29, 1.82) is 0 Å². The van der Waals surface area contributed by atoms with Gasteiger partial charge >= 0.3 is 0 Å². The molecule has 4 heteroatoms. The Morgan fingerprint density at radius 3 is 2.64 bits per heavy atom. The number of benzene rings is 2. The monoisotopic (exact) mass is 333 g/mol. The highest BCUT2D eigenvalue weighted by molar-refractivity contribution is 8.00. The van der Waals surface area contributed by atoms with Gasteiger partial charge in [-0.15, -0.1) is 11.8 Å². The SMILES string of the molecule is O=C(CSc1cccc2cccc(Cl)c12)NC1CCCCC1. The normalized spacial score (nSPS) is 15.9. The van der Waals surface area contributed by atoms with Crippen molar-refractivity contribution >= 4 is 40.0 Å². The van der Waals surface area contributed by atoms with Crippen LogP contribution in [0.15, 0.2) is 41.3 Å². The van der Waals surface area contributed by atoms with Crippen LogP contribution in [0.1, 0.15) is 32.1 Å². The molecule has 0 aromatic heterocycles. The highest BCUT2D eigenvalue weighted by Crippen LogP contribution is 2.33. The lowest BCUT2D eigenvalue weighted by molar-refractivity contribution is -0.119. The van der Waals surface area contributed by atoms with Gasteiger partial charge in [0.15, 0.2) is 0 Å². The molecular weight excluding hydrogens is 314 g/mol. The molecule has 2 aromatic rings. The predicted molar refractivity (Wildman–Crippen MR) is 94.7 cm³/mol. The van der Waals surface area contributed by atoms with E-state index in [9.17, 15) is 4.79 Å². The van der Waals surface area contributed by atoms with E-state index in [1.807, 2.05) is 36.4 Å². The molecule has 0 unspecified atom stereocenters. The molecule has 0 bridgehead atoms. The Bertz CT molecular complexity index is 662. The van der Waals surface area contributed by atoms with Crippen LogP contribution in [0.2, 0.25) is 5.02 Å². The summed E-state index contributed by atoms with van der Waals surface area (Å²) in [6.07, 6.45) is 6.01. The van der Waals surface area contributed by atoms with Crippen LogP contribution in [0, 0.1) is 0 Å². The van der Waals surface area contributed by atoms with E-state index in [1.165, 1.54) is 19.3 Å². The van der Waals surface area contributed by atoms with Gasteiger partial charge in [-0.25, -0.2) is 0 Å². The summed E-state index contributed by atoms with van der Waals surface area (Å²) >= 11 is 7.88. The molecule has 0 saturated heterocycles. The zero-order valence-electron chi connectivity index (χ0n) is 12.5. The molecule has 1 saturated carbocycles. The zero-order valence-corrected chi connectivity index (χ0v) is 14.1. The van der Waals surface area contributed by atoms with Crippen LogP contribution in [-0.4, -0.2) is 17.7 Å². The summed E-state index contributed by atoms with van der Waals surface area (Å²) in [5, 5.41) is 6.06. The summed E-state index contributed by atoms with van der Waals surface area (Å²) in [6.45, 7) is 0. The van der Waals surface area contributed by atoms with E-state index in [-0.39, 0.29) is 5.91 Å². The number of amides is 1. The van der Waals surface area contributed by atoms with Crippen LogP contribution in [0.5, 0.6) is 0 Å². The van der Waals surface area contributed by atoms with Crippen molar-refractivity contribution in [1.82, 2.24) is 5.32 Å². The molecule has 3 rings (SSSR count). The first kappa shape index (κ1) is 15.7. The van der Waals surface area contributed by atoms with Crippen molar-refractivity contribution in [2.75, 3.05) is 5.75 Å². The summed E-state index contributed by atoms with van der Waals surface area (Å²) in [7, 11) is 0. The van der Waals surface area contributed by atoms with Crippen LogP contribution in [0.25, 0.3) is 10.8 Å². The number of halogens is 1. The van der Waals surface area contributed by atoms with E-state index in [1.54, 1.807) is 11.8 Å². The number of carbonyl (C=O) groups excluding carboxylic acids is 1. The van der Waals surface area contributed by atoms with E-state index in [4.69, 9.17) is 11.6 Å². The van der Waals surface area contributed by atoms with E-state index in [2.05, 4.69) is 5.32 Å². The van der Waals surface area contributed by atoms with Crippen LogP contribution >= 0.6 is 23.4 Å². The second-order valence-corrected chi connectivity index (χ2v) is 7.21. The van der Waals surface area contributed by atoms with Gasteiger partial charge in [0.25, 0.3) is 0 Å². The fourth-order valence-electron chi connectivity index (χ4n) is 3.04. The van der Waals surface area contributed by atoms with Crippen molar-refractivity contribution in [2.45, 2.75) is 43.0 Å². The van der Waals surface area contributed by atoms with Gasteiger partial charge in [0.05, 0.1) is 5.75 Å². The Morgan fingerprint density at radius 1 is 1.14 bits per heavy atom. The van der Waals surface area contributed by atoms with Crippen molar-refractivity contribution in [2.24, 2.45) is 0 Å². The van der Waals surface area contributed by atoms with E-state index < -0.39 is 0 Å². The largest absolute Gasteiger partial charge is 0.353 e. The van der Waals surface area contributed by atoms with Gasteiger partial charge in [0.1, 0.15) is 0 Å². The third-order valence-corrected chi connectivity index (χ3v) is 5.52. The number of thioether (sulfide) groups is 1. The lowest BCUT2D eigenvalue weighted by Gasteiger charge is -2.22. The van der Waals surface area contributed by atoms with Gasteiger partial charge < -0.3 is 5.32 Å². The number of rotatable bonds is 4. The molecule has 1 amide bonds. The average Bonchev–Trinajstić information content (AvgIpc) is 2.54. The van der Waals surface area contributed by atoms with Gasteiger partial charge in [0.2, 0.25) is 5.91 Å². The van der Waals surface area contributed by atoms with Gasteiger partial charge in [-0.2, -0.15) is 0 Å². The van der Waals surface area contributed by atoms with E-state index in [0.29, 0.717) is 11.8 Å². The minimum Gasteiger partial charge on any atom is -0.353 e. The molecule has 22 heavy (non-hydrogen) atoms. The third kappa shape index (κ3) is 3.76. The maximum absolute atomic E-state index is 12.1. The standard InChI is InChI=1S/C18H20ClNOS/c19-15-10-4-6-13-7-5-11-16(18(13)15)22-12-17(21)20-14-8-2-1-3-9-14/h4-7,10-11,14H,1-3,8-9,12H2,(H,20,21). The maximum Gasteiger partial charge on any atom is 0.230 e. The number of carbonyl (C=O) groups is 1. The highest BCUT2D eigenvalue weighted by Gasteiger charge is 2.16. The fourth-order valence-corrected chi connectivity index (χ4v) is 4.30. The molecule has 0 aliphatic heterocycles. The fraction of sp³-hybridized carbons (Fsp3) is 0.389. The smallest absolute Gasteiger partial charge is 0.230 e. The zero-order chi connectivity index (χ0) is 15.4. The second-order valence-electron chi connectivity index (χ2n) is 5.79. The Balaban J connectivity index is 1.65. The molecule has 0 radical (unpaired) electrons. The maximum atomic E-state index is 12.1. The minimum atomic E-state index is 0.126. The molecule has 116 valence electrons. The molecule has 1 aliphatic rings. The molecule has 1 aliphatic carbocycles. The number of nitrogens with one attached hydrogen (secondary N) is 1. The quantitative estimate of drug-likeness (QED) is 0.795. The Hall–Kier alpha value is -1.19. The lowest BCUT2D eigenvalue weighted by atomic mass is 9.95. The lowest BCUT2D eigenvalue weighted by Crippen LogP contribution is -2.37. The molecule has 0 spiro atoms. The van der Waals surface area contributed by atoms with E-state index >= 15 is 0 Å². The highest BCUT2D eigenvalue weighted by atomic mass is 35.5. The summed E-state index contributed by atoms with van der Waals surface area (Å²) in [5.74, 6) is 0.571. The summed E-state index contributed by atoms with van der Waals surface area (Å²) < 4.78 is 0. The third-order valence-electron chi connectivity index (χ3n) is 4.14. The van der Waals surface area contributed by atoms with Gasteiger partial charge in [-0.05, 0) is 30.4 Å². The van der Waals surface area contributed by atoms with Crippen LogP contribution < -0.4 is 5.32 Å². The van der Waals surface area contributed by atoms with Gasteiger partial charge in [-0.1, -0.05) is 55.1 Å². The van der Waals surface area contributed by atoms with Crippen LogP contribution in [0.3, 0.4) is 0 Å². The summed E-state index contributed by atoms with van der Waals surface area (Å²) in [6, 6.07) is 12.4. The molecule has 1 fully saturated rings. The number of fused-ring (bicyclic) bond motifs is 1. The Kier molecular flexibility index (Phi) is 5.27. The minimum absolute atomic E-state index is 0.126. The first-order valence-electron chi connectivity index (χ1n) is 7.83. The molecule has 0 atom stereocenters. The predicted octanol–water partition coefficient (Wildman–Crippen LogP) is 5.03. The Morgan fingerprint density at radius 2 is 1.86 bits per heavy atom. The molecule has 0 heterocycles. The van der Waals surface area contributed by atoms with Crippen molar-refractivity contribution in [3.8, 4) is 0 Å². The van der Waals surface area contributed by atoms with Crippen molar-refractivity contribution < 1.29 is 4.79 Å². The molecule has 1 N–H and O–H groups in total. The topological polar surface area (TPSA) is 29.1 Å². The summed E-state index contributed by atoms with van der Waals surface area (Å²) in [5.41, 5.74) is 0. The van der Waals surface area contributed by atoms with Crippen molar-refractivity contribution in [3.63, 3.8) is 0 Å². The van der Waals surface area contributed by atoms with Gasteiger partial charge in [-0.3, -0.25) is 4.79 Å². The molecule has 2 aromatic carbocycles. The van der Waals surface area contributed by atoms with Crippen molar-refractivity contribution in [3.05, 3.63) is 41.4 Å². The number of hydrogen-bond donors (Lipinski definition) is 1. The second kappa shape index (κ2) is 7.38. The first-order valence-corrected chi connectivity index (χ1v) is 9.20. The molecular formula is C18H20ClNOS. The Labute approximate surface area is 140 Å². The van der Waals surface area contributed by atoms with Crippen LogP contribution in [-0.2, 0) is 4.79 Å². The van der Waals surface area contributed by atoms with Gasteiger partial charge in [0, 0.05) is 21.3 Å². The van der Waals surface area contributed by atoms with E-state index in [0.717, 1.165) is 33.5 Å². The average molecular weight is 334 g/mol.